The minimum Gasteiger partial charge on any atom is -0.369 e. The predicted molar refractivity (Wildman–Crippen MR) is 174 cm³/mol. The molecule has 0 spiro atoms. The number of nitrogens with one attached hydrogen (secondary N) is 1. The number of likely N-dealkylation sites (tertiary alicyclic amines) is 1. The first-order chi connectivity index (χ1) is 22.7. The summed E-state index contributed by atoms with van der Waals surface area (Å²) in [4.78, 5) is 14.0. The van der Waals surface area contributed by atoms with Crippen molar-refractivity contribution >= 4 is 23.3 Å². The first-order valence-electron chi connectivity index (χ1n) is 16.7. The molecule has 4 heterocycles. The van der Waals surface area contributed by atoms with E-state index in [9.17, 15) is 13.2 Å². The van der Waals surface area contributed by atoms with Gasteiger partial charge in [0.15, 0.2) is 5.82 Å². The number of halogens is 4. The van der Waals surface area contributed by atoms with Gasteiger partial charge < -0.3 is 20.9 Å². The molecular weight excluding hydrogens is 608 g/mol. The van der Waals surface area contributed by atoms with Gasteiger partial charge in [-0.2, -0.15) is 22.8 Å². The maximum absolute atomic E-state index is 15.4. The molecule has 3 N–H and O–H groups in total. The fourth-order valence-electron chi connectivity index (χ4n) is 8.26. The zero-order chi connectivity index (χ0) is 32.3. The van der Waals surface area contributed by atoms with Crippen LogP contribution in [0.5, 0.6) is 0 Å². The van der Waals surface area contributed by atoms with Crippen LogP contribution < -0.4 is 16.0 Å². The van der Waals surface area contributed by atoms with Gasteiger partial charge >= 0.3 is 6.18 Å². The summed E-state index contributed by atoms with van der Waals surface area (Å²) < 4.78 is 57.8. The van der Waals surface area contributed by atoms with Crippen molar-refractivity contribution in [1.29, 1.82) is 0 Å². The lowest BCUT2D eigenvalue weighted by Gasteiger charge is -2.39. The van der Waals surface area contributed by atoms with Crippen LogP contribution in [-0.4, -0.2) is 56.9 Å². The summed E-state index contributed by atoms with van der Waals surface area (Å²) >= 11 is 0. The molecule has 0 unspecified atom stereocenters. The lowest BCUT2D eigenvalue weighted by molar-refractivity contribution is -0.137. The van der Waals surface area contributed by atoms with E-state index in [-0.39, 0.29) is 29.5 Å². The van der Waals surface area contributed by atoms with Crippen molar-refractivity contribution in [3.63, 3.8) is 0 Å². The number of hydrogen-bond acceptors (Lipinski definition) is 7. The standard InChI is InChI=1S/C35H38F4N8/c36-28-19-25(10-11-29(28)46-16-12-26(13-17-46)45-14-1-2-15-45)41-34-43-33(40)47(44-34)30-20-27(23-4-3-5-24(18-23)35(37,38)39)31-21-6-8-22(9-7-21)32(31)42-30/h3-5,10-11,18-22,26H,1-2,6-9,12-17H2,(H3,40,41,43,44). The van der Waals surface area contributed by atoms with Crippen LogP contribution in [0.25, 0.3) is 16.9 Å². The van der Waals surface area contributed by atoms with E-state index in [2.05, 4.69) is 25.2 Å². The molecule has 2 bridgehead atoms. The Hall–Kier alpha value is -4.19. The van der Waals surface area contributed by atoms with Crippen molar-refractivity contribution in [2.45, 2.75) is 75.4 Å². The molecule has 2 saturated heterocycles. The van der Waals surface area contributed by atoms with Crippen LogP contribution in [0.3, 0.4) is 0 Å². The molecule has 8 nitrogen and oxygen atoms in total. The first kappa shape index (κ1) is 30.2. The van der Waals surface area contributed by atoms with Gasteiger partial charge in [-0.3, -0.25) is 0 Å². The Balaban J connectivity index is 1.06. The quantitative estimate of drug-likeness (QED) is 0.208. The molecule has 47 heavy (non-hydrogen) atoms. The minimum absolute atomic E-state index is 0.0638. The van der Waals surface area contributed by atoms with Crippen LogP contribution in [0.1, 0.15) is 80.0 Å². The Morgan fingerprint density at radius 2 is 1.57 bits per heavy atom. The third kappa shape index (κ3) is 5.70. The lowest BCUT2D eigenvalue weighted by atomic mass is 9.67. The van der Waals surface area contributed by atoms with Gasteiger partial charge in [-0.1, -0.05) is 12.1 Å². The van der Waals surface area contributed by atoms with E-state index in [1.165, 1.54) is 48.8 Å². The molecule has 0 atom stereocenters. The molecule has 12 heteroatoms. The SMILES string of the molecule is Nc1nc(Nc2ccc(N3CCC(N4CCCC4)CC3)c(F)c2)nn1-c1cc(-c2cccc(C(F)(F)F)c2)c2c(n1)C1CCC2CC1. The maximum atomic E-state index is 15.4. The highest BCUT2D eigenvalue weighted by atomic mass is 19.4. The molecule has 5 aliphatic rings. The number of hydrogen-bond donors (Lipinski definition) is 2. The van der Waals surface area contributed by atoms with E-state index < -0.39 is 11.7 Å². The highest BCUT2D eigenvalue weighted by molar-refractivity contribution is 5.73. The van der Waals surface area contributed by atoms with E-state index in [1.54, 1.807) is 18.2 Å². The Morgan fingerprint density at radius 1 is 0.830 bits per heavy atom. The van der Waals surface area contributed by atoms with Gasteiger partial charge in [-0.25, -0.2) is 9.37 Å². The molecule has 9 rings (SSSR count). The number of alkyl halides is 3. The number of nitrogen functional groups attached to an aromatic ring is 1. The first-order valence-corrected chi connectivity index (χ1v) is 16.7. The summed E-state index contributed by atoms with van der Waals surface area (Å²) in [6.45, 7) is 4.00. The van der Waals surface area contributed by atoms with E-state index in [4.69, 9.17) is 10.7 Å². The number of piperidine rings is 1. The van der Waals surface area contributed by atoms with Crippen molar-refractivity contribution in [3.8, 4) is 16.9 Å². The molecule has 246 valence electrons. The fraction of sp³-hybridized carbons (Fsp3) is 0.457. The number of pyridine rings is 1. The highest BCUT2D eigenvalue weighted by Crippen LogP contribution is 2.52. The van der Waals surface area contributed by atoms with Crippen LogP contribution in [0.4, 0.5) is 40.8 Å². The molecule has 2 aromatic carbocycles. The molecule has 0 amide bonds. The summed E-state index contributed by atoms with van der Waals surface area (Å²) in [6, 6.07) is 12.8. The normalized spacial score (nSPS) is 21.7. The smallest absolute Gasteiger partial charge is 0.369 e. The molecule has 2 aliphatic heterocycles. The lowest BCUT2D eigenvalue weighted by Crippen LogP contribution is -2.44. The topological polar surface area (TPSA) is 88.1 Å². The molecular formula is C35H38F4N8. The molecule has 4 aromatic rings. The average Bonchev–Trinajstić information content (AvgIpc) is 3.75. The van der Waals surface area contributed by atoms with Crippen molar-refractivity contribution in [2.75, 3.05) is 42.1 Å². The third-order valence-corrected chi connectivity index (χ3v) is 10.6. The Morgan fingerprint density at radius 3 is 2.30 bits per heavy atom. The van der Waals surface area contributed by atoms with Crippen LogP contribution in [0.2, 0.25) is 0 Å². The van der Waals surface area contributed by atoms with Crippen molar-refractivity contribution in [3.05, 3.63) is 71.2 Å². The van der Waals surface area contributed by atoms with Gasteiger partial charge in [0.1, 0.15) is 5.82 Å². The fourth-order valence-corrected chi connectivity index (χ4v) is 8.26. The summed E-state index contributed by atoms with van der Waals surface area (Å²) in [5.41, 5.74) is 9.85. The largest absolute Gasteiger partial charge is 0.416 e. The van der Waals surface area contributed by atoms with Crippen molar-refractivity contribution in [2.24, 2.45) is 0 Å². The van der Waals surface area contributed by atoms with Gasteiger partial charge in [0.25, 0.3) is 0 Å². The summed E-state index contributed by atoms with van der Waals surface area (Å²) in [7, 11) is 0. The average molecular weight is 647 g/mol. The number of benzene rings is 2. The number of aromatic nitrogens is 4. The van der Waals surface area contributed by atoms with E-state index in [0.29, 0.717) is 28.8 Å². The zero-order valence-corrected chi connectivity index (χ0v) is 26.1. The Labute approximate surface area is 271 Å². The van der Waals surface area contributed by atoms with Crippen molar-refractivity contribution < 1.29 is 17.6 Å². The van der Waals surface area contributed by atoms with E-state index in [1.807, 2.05) is 6.07 Å². The molecule has 3 fully saturated rings. The Kier molecular flexibility index (Phi) is 7.57. The number of anilines is 4. The van der Waals surface area contributed by atoms with Crippen LogP contribution >= 0.6 is 0 Å². The number of rotatable bonds is 6. The van der Waals surface area contributed by atoms with Gasteiger partial charge in [0.2, 0.25) is 11.9 Å². The van der Waals surface area contributed by atoms with Gasteiger partial charge in [0.05, 0.1) is 16.9 Å². The molecule has 2 aromatic heterocycles. The number of nitrogens with two attached hydrogens (primary N) is 1. The second-order valence-electron chi connectivity index (χ2n) is 13.4. The van der Waals surface area contributed by atoms with Gasteiger partial charge in [-0.05, 0) is 123 Å². The Bertz CT molecular complexity index is 1780. The summed E-state index contributed by atoms with van der Waals surface area (Å²) in [5.74, 6) is 0.784. The van der Waals surface area contributed by atoms with Crippen LogP contribution in [0.15, 0.2) is 48.5 Å². The maximum Gasteiger partial charge on any atom is 0.416 e. The number of nitrogens with zero attached hydrogens (tertiary/aromatic N) is 6. The predicted octanol–water partition coefficient (Wildman–Crippen LogP) is 7.63. The minimum atomic E-state index is -4.45. The molecule has 0 radical (unpaired) electrons. The zero-order valence-electron chi connectivity index (χ0n) is 26.1. The van der Waals surface area contributed by atoms with Crippen molar-refractivity contribution in [1.82, 2.24) is 24.6 Å². The van der Waals surface area contributed by atoms with Crippen LogP contribution in [-0.2, 0) is 6.18 Å². The molecule has 1 saturated carbocycles. The second-order valence-corrected chi connectivity index (χ2v) is 13.4. The highest BCUT2D eigenvalue weighted by Gasteiger charge is 2.38. The van der Waals surface area contributed by atoms with Gasteiger partial charge in [0, 0.05) is 30.7 Å². The monoisotopic (exact) mass is 646 g/mol. The number of fused-ring (bicyclic) bond motifs is 2. The third-order valence-electron chi connectivity index (χ3n) is 10.6. The van der Waals surface area contributed by atoms with E-state index in [0.717, 1.165) is 74.5 Å². The second kappa shape index (κ2) is 11.8. The van der Waals surface area contributed by atoms with E-state index >= 15 is 4.39 Å². The molecule has 3 aliphatic carbocycles. The van der Waals surface area contributed by atoms with Crippen LogP contribution in [0, 0.1) is 5.82 Å². The summed E-state index contributed by atoms with van der Waals surface area (Å²) in [6.07, 6.45) is 4.14. The van der Waals surface area contributed by atoms with Gasteiger partial charge in [-0.15, -0.1) is 5.10 Å². The summed E-state index contributed by atoms with van der Waals surface area (Å²) in [5, 5.41) is 7.62.